The molecule has 1 rings (SSSR count). The minimum Gasteiger partial charge on any atom is -0.209 e. The van der Waals surface area contributed by atoms with Crippen LogP contribution in [0.25, 0.3) is 0 Å². The van der Waals surface area contributed by atoms with Gasteiger partial charge in [-0.25, -0.2) is 17.2 Å². The van der Waals surface area contributed by atoms with E-state index in [1.807, 2.05) is 0 Å². The molecule has 0 saturated carbocycles. The van der Waals surface area contributed by atoms with E-state index >= 15 is 0 Å². The van der Waals surface area contributed by atoms with Crippen molar-refractivity contribution in [3.8, 4) is 0 Å². The zero-order valence-electron chi connectivity index (χ0n) is 8.40. The molecule has 7 heteroatoms. The Hall–Kier alpha value is -0.530. The summed E-state index contributed by atoms with van der Waals surface area (Å²) in [6, 6.07) is 5.81. The van der Waals surface area contributed by atoms with Crippen LogP contribution in [0, 0.1) is 0 Å². The van der Waals surface area contributed by atoms with E-state index in [0.29, 0.717) is 4.31 Å². The number of hydrogen-bond acceptors (Lipinski definition) is 2. The van der Waals surface area contributed by atoms with Gasteiger partial charge in [0.1, 0.15) is 0 Å². The average Bonchev–Trinajstić information content (AvgIpc) is 2.17. The first-order valence-electron chi connectivity index (χ1n) is 4.34. The molecule has 3 nitrogen and oxygen atoms in total. The van der Waals surface area contributed by atoms with Crippen LogP contribution in [0.1, 0.15) is 0 Å². The van der Waals surface area contributed by atoms with Crippen molar-refractivity contribution in [1.82, 2.24) is 4.31 Å². The largest absolute Gasteiger partial charge is 0.252 e. The number of sulfonamides is 1. The summed E-state index contributed by atoms with van der Waals surface area (Å²) in [6.45, 7) is -0.807. The lowest BCUT2D eigenvalue weighted by atomic mass is 10.4. The molecule has 16 heavy (non-hydrogen) atoms. The van der Waals surface area contributed by atoms with Crippen LogP contribution in [-0.2, 0) is 10.0 Å². The smallest absolute Gasteiger partial charge is 0.209 e. The van der Waals surface area contributed by atoms with Crippen molar-refractivity contribution in [2.24, 2.45) is 0 Å². The quantitative estimate of drug-likeness (QED) is 0.855. The van der Waals surface area contributed by atoms with Gasteiger partial charge in [0, 0.05) is 11.5 Å². The van der Waals surface area contributed by atoms with Gasteiger partial charge in [0.2, 0.25) is 10.0 Å². The van der Waals surface area contributed by atoms with Gasteiger partial charge in [-0.3, -0.25) is 0 Å². The SMILES string of the molecule is CN(CC(F)F)S(=O)(=O)c1ccc(Br)cc1. The molecule has 0 fully saturated rings. The molecule has 0 saturated heterocycles. The number of alkyl halides is 2. The molecule has 0 spiro atoms. The first-order valence-corrected chi connectivity index (χ1v) is 6.57. The summed E-state index contributed by atoms with van der Waals surface area (Å²) in [5.41, 5.74) is 0. The summed E-state index contributed by atoms with van der Waals surface area (Å²) in [4.78, 5) is -0.00106. The molecular formula is C9H10BrF2NO2S. The van der Waals surface area contributed by atoms with Gasteiger partial charge in [-0.2, -0.15) is 4.31 Å². The third kappa shape index (κ3) is 3.23. The molecule has 0 atom stereocenters. The Kier molecular flexibility index (Phi) is 4.40. The Morgan fingerprint density at radius 1 is 1.31 bits per heavy atom. The maximum Gasteiger partial charge on any atom is 0.252 e. The molecule has 0 heterocycles. The van der Waals surface area contributed by atoms with E-state index in [2.05, 4.69) is 15.9 Å². The lowest BCUT2D eigenvalue weighted by Gasteiger charge is -2.16. The maximum atomic E-state index is 12.1. The highest BCUT2D eigenvalue weighted by atomic mass is 79.9. The topological polar surface area (TPSA) is 37.4 Å². The average molecular weight is 314 g/mol. The number of nitrogens with zero attached hydrogens (tertiary/aromatic N) is 1. The number of rotatable bonds is 4. The minimum atomic E-state index is -3.82. The van der Waals surface area contributed by atoms with E-state index in [-0.39, 0.29) is 4.90 Å². The van der Waals surface area contributed by atoms with Crippen LogP contribution in [0.2, 0.25) is 0 Å². The highest BCUT2D eigenvalue weighted by Crippen LogP contribution is 2.18. The number of halogens is 3. The zero-order chi connectivity index (χ0) is 12.3. The van der Waals surface area contributed by atoms with Crippen molar-refractivity contribution >= 4 is 26.0 Å². The highest BCUT2D eigenvalue weighted by molar-refractivity contribution is 9.10. The summed E-state index contributed by atoms with van der Waals surface area (Å²) in [5.74, 6) is 0. The first kappa shape index (κ1) is 13.5. The molecular weight excluding hydrogens is 304 g/mol. The van der Waals surface area contributed by atoms with Crippen LogP contribution in [0.4, 0.5) is 8.78 Å². The molecule has 90 valence electrons. The Morgan fingerprint density at radius 2 is 1.81 bits per heavy atom. The van der Waals surface area contributed by atoms with E-state index in [4.69, 9.17) is 0 Å². The number of benzene rings is 1. The normalized spacial score (nSPS) is 12.4. The summed E-state index contributed by atoms with van der Waals surface area (Å²) >= 11 is 3.16. The maximum absolute atomic E-state index is 12.1. The van der Waals surface area contributed by atoms with Crippen molar-refractivity contribution in [2.45, 2.75) is 11.3 Å². The second-order valence-corrected chi connectivity index (χ2v) is 6.09. The van der Waals surface area contributed by atoms with Crippen molar-refractivity contribution in [3.05, 3.63) is 28.7 Å². The highest BCUT2D eigenvalue weighted by Gasteiger charge is 2.23. The van der Waals surface area contributed by atoms with Gasteiger partial charge in [0.15, 0.2) is 0 Å². The molecule has 1 aromatic rings. The standard InChI is InChI=1S/C9H10BrF2NO2S/c1-13(6-9(11)12)16(14,15)8-4-2-7(10)3-5-8/h2-5,9H,6H2,1H3. The fourth-order valence-electron chi connectivity index (χ4n) is 1.08. The molecule has 0 amide bonds. The summed E-state index contributed by atoms with van der Waals surface area (Å²) in [5, 5.41) is 0. The van der Waals surface area contributed by atoms with E-state index in [1.54, 1.807) is 12.1 Å². The molecule has 0 aliphatic heterocycles. The van der Waals surface area contributed by atoms with Crippen LogP contribution in [0.15, 0.2) is 33.6 Å². The summed E-state index contributed by atoms with van der Waals surface area (Å²) in [6.07, 6.45) is -2.68. The molecule has 0 N–H and O–H groups in total. The zero-order valence-corrected chi connectivity index (χ0v) is 10.8. The second-order valence-electron chi connectivity index (χ2n) is 3.13. The summed E-state index contributed by atoms with van der Waals surface area (Å²) < 4.78 is 49.0. The Bertz CT molecular complexity index is 447. The van der Waals surface area contributed by atoms with E-state index < -0.39 is 23.0 Å². The molecule has 0 aliphatic carbocycles. The first-order chi connectivity index (χ1) is 7.34. The summed E-state index contributed by atoms with van der Waals surface area (Å²) in [7, 11) is -2.69. The van der Waals surface area contributed by atoms with Gasteiger partial charge in [-0.15, -0.1) is 0 Å². The Morgan fingerprint density at radius 3 is 2.25 bits per heavy atom. The van der Waals surface area contributed by atoms with Crippen LogP contribution in [0.5, 0.6) is 0 Å². The van der Waals surface area contributed by atoms with Crippen molar-refractivity contribution in [2.75, 3.05) is 13.6 Å². The van der Waals surface area contributed by atoms with Crippen LogP contribution in [0.3, 0.4) is 0 Å². The fraction of sp³-hybridized carbons (Fsp3) is 0.333. The monoisotopic (exact) mass is 313 g/mol. The van der Waals surface area contributed by atoms with Gasteiger partial charge in [0.05, 0.1) is 11.4 Å². The lowest BCUT2D eigenvalue weighted by Crippen LogP contribution is -2.31. The third-order valence-electron chi connectivity index (χ3n) is 1.92. The van der Waals surface area contributed by atoms with Crippen LogP contribution in [-0.4, -0.2) is 32.7 Å². The second kappa shape index (κ2) is 5.20. The van der Waals surface area contributed by atoms with Crippen LogP contribution >= 0.6 is 15.9 Å². The van der Waals surface area contributed by atoms with E-state index in [1.165, 1.54) is 12.1 Å². The number of hydrogen-bond donors (Lipinski definition) is 0. The van der Waals surface area contributed by atoms with Gasteiger partial charge >= 0.3 is 0 Å². The molecule has 0 bridgehead atoms. The van der Waals surface area contributed by atoms with Crippen molar-refractivity contribution in [1.29, 1.82) is 0 Å². The minimum absolute atomic E-state index is 0.00106. The van der Waals surface area contributed by atoms with E-state index in [9.17, 15) is 17.2 Å². The molecule has 0 unspecified atom stereocenters. The predicted octanol–water partition coefficient (Wildman–Crippen LogP) is 2.33. The van der Waals surface area contributed by atoms with Crippen LogP contribution < -0.4 is 0 Å². The molecule has 0 aromatic heterocycles. The predicted molar refractivity (Wildman–Crippen MR) is 60.0 cm³/mol. The van der Waals surface area contributed by atoms with Gasteiger partial charge in [-0.05, 0) is 24.3 Å². The van der Waals surface area contributed by atoms with Gasteiger partial charge in [-0.1, -0.05) is 15.9 Å². The Balaban J connectivity index is 2.97. The van der Waals surface area contributed by atoms with Crippen molar-refractivity contribution < 1.29 is 17.2 Å². The van der Waals surface area contributed by atoms with E-state index in [0.717, 1.165) is 11.5 Å². The van der Waals surface area contributed by atoms with Gasteiger partial charge in [0.25, 0.3) is 6.43 Å². The fourth-order valence-corrected chi connectivity index (χ4v) is 2.49. The van der Waals surface area contributed by atoms with Gasteiger partial charge < -0.3 is 0 Å². The third-order valence-corrected chi connectivity index (χ3v) is 4.28. The van der Waals surface area contributed by atoms with Crippen molar-refractivity contribution in [3.63, 3.8) is 0 Å². The molecule has 1 aromatic carbocycles. The Labute approximate surface area is 101 Å². The molecule has 0 aliphatic rings. The molecule has 0 radical (unpaired) electrons. The lowest BCUT2D eigenvalue weighted by molar-refractivity contribution is 0.126.